The van der Waals surface area contributed by atoms with Crippen LogP contribution in [0.2, 0.25) is 0 Å². The second-order valence-electron chi connectivity index (χ2n) is 5.59. The number of nitrogens with one attached hydrogen (secondary N) is 1. The van der Waals surface area contributed by atoms with Crippen molar-refractivity contribution in [1.82, 2.24) is 5.32 Å². The van der Waals surface area contributed by atoms with Gasteiger partial charge in [-0.3, -0.25) is 4.79 Å². The number of rotatable bonds is 9. The van der Waals surface area contributed by atoms with Crippen LogP contribution < -0.4 is 5.32 Å². The fourth-order valence-electron chi connectivity index (χ4n) is 2.43. The molecule has 22 heavy (non-hydrogen) atoms. The van der Waals surface area contributed by atoms with Gasteiger partial charge in [0.05, 0.1) is 0 Å². The Morgan fingerprint density at radius 1 is 1.05 bits per heavy atom. The number of amides is 1. The number of benzene rings is 1. The van der Waals surface area contributed by atoms with Gasteiger partial charge in [0.25, 0.3) is 5.91 Å². The zero-order valence-electron chi connectivity index (χ0n) is 13.3. The molecule has 2 rings (SSSR count). The number of thiophene rings is 1. The van der Waals surface area contributed by atoms with Crippen LogP contribution in [-0.4, -0.2) is 12.5 Å². The normalized spacial score (nSPS) is 10.6. The Hall–Kier alpha value is -1.61. The zero-order chi connectivity index (χ0) is 15.6. The Labute approximate surface area is 137 Å². The van der Waals surface area contributed by atoms with E-state index >= 15 is 0 Å². The van der Waals surface area contributed by atoms with Gasteiger partial charge in [-0.2, -0.15) is 0 Å². The molecule has 0 radical (unpaired) electrons. The van der Waals surface area contributed by atoms with Crippen molar-refractivity contribution in [1.29, 1.82) is 0 Å². The molecule has 0 spiro atoms. The van der Waals surface area contributed by atoms with E-state index in [0.29, 0.717) is 6.54 Å². The van der Waals surface area contributed by atoms with Crippen LogP contribution in [0.3, 0.4) is 0 Å². The number of hydrogen-bond donors (Lipinski definition) is 1. The summed E-state index contributed by atoms with van der Waals surface area (Å²) >= 11 is 1.73. The van der Waals surface area contributed by atoms with Crippen molar-refractivity contribution in [3.63, 3.8) is 0 Å². The number of hydrogen-bond acceptors (Lipinski definition) is 2. The van der Waals surface area contributed by atoms with Gasteiger partial charge >= 0.3 is 0 Å². The highest BCUT2D eigenvalue weighted by atomic mass is 32.1. The van der Waals surface area contributed by atoms with Crippen LogP contribution in [0.25, 0.3) is 0 Å². The van der Waals surface area contributed by atoms with Gasteiger partial charge in [0.1, 0.15) is 0 Å². The molecule has 0 unspecified atom stereocenters. The Balaban J connectivity index is 1.73. The second-order valence-corrected chi connectivity index (χ2v) is 6.63. The lowest BCUT2D eigenvalue weighted by Gasteiger charge is -2.06. The smallest absolute Gasteiger partial charge is 0.251 e. The van der Waals surface area contributed by atoms with Gasteiger partial charge in [-0.1, -0.05) is 44.4 Å². The lowest BCUT2D eigenvalue weighted by atomic mass is 10.0. The third kappa shape index (κ3) is 5.64. The minimum atomic E-state index is 0.0223. The highest BCUT2D eigenvalue weighted by Crippen LogP contribution is 2.11. The van der Waals surface area contributed by atoms with Crippen LogP contribution in [0.5, 0.6) is 0 Å². The minimum absolute atomic E-state index is 0.0223. The summed E-state index contributed by atoms with van der Waals surface area (Å²) in [7, 11) is 0. The fraction of sp³-hybridized carbons (Fsp3) is 0.421. The number of carbonyl (C=O) groups is 1. The maximum absolute atomic E-state index is 12.1. The van der Waals surface area contributed by atoms with Crippen molar-refractivity contribution in [3.05, 3.63) is 57.8 Å². The van der Waals surface area contributed by atoms with Gasteiger partial charge in [-0.05, 0) is 48.4 Å². The van der Waals surface area contributed by atoms with Crippen molar-refractivity contribution < 1.29 is 4.79 Å². The van der Waals surface area contributed by atoms with Crippen LogP contribution in [0, 0.1) is 0 Å². The molecule has 1 amide bonds. The van der Waals surface area contributed by atoms with E-state index in [-0.39, 0.29) is 5.91 Å². The van der Waals surface area contributed by atoms with E-state index in [4.69, 9.17) is 0 Å². The third-order valence-corrected chi connectivity index (χ3v) is 4.71. The van der Waals surface area contributed by atoms with Crippen molar-refractivity contribution in [2.75, 3.05) is 6.54 Å². The molecule has 1 heterocycles. The Morgan fingerprint density at radius 2 is 1.86 bits per heavy atom. The number of carbonyl (C=O) groups excluding carboxylic acids is 1. The molecule has 0 saturated carbocycles. The second kappa shape index (κ2) is 9.42. The topological polar surface area (TPSA) is 29.1 Å². The molecular formula is C19H25NOS. The van der Waals surface area contributed by atoms with E-state index in [9.17, 15) is 4.79 Å². The molecule has 1 aromatic heterocycles. The molecule has 0 saturated heterocycles. The molecule has 0 bridgehead atoms. The molecule has 0 aliphatic rings. The SMILES string of the molecule is CCCCCCc1ccc(C(=O)NCCc2cccs2)cc1. The first-order chi connectivity index (χ1) is 10.8. The Bertz CT molecular complexity index is 545. The largest absolute Gasteiger partial charge is 0.352 e. The van der Waals surface area contributed by atoms with Gasteiger partial charge in [-0.15, -0.1) is 11.3 Å². The summed E-state index contributed by atoms with van der Waals surface area (Å²) in [5.74, 6) is 0.0223. The van der Waals surface area contributed by atoms with Gasteiger partial charge in [-0.25, -0.2) is 0 Å². The van der Waals surface area contributed by atoms with Gasteiger partial charge in [0.15, 0.2) is 0 Å². The van der Waals surface area contributed by atoms with Crippen molar-refractivity contribution >= 4 is 17.2 Å². The van der Waals surface area contributed by atoms with E-state index in [1.165, 1.54) is 36.1 Å². The quantitative estimate of drug-likeness (QED) is 0.659. The maximum Gasteiger partial charge on any atom is 0.251 e. The molecule has 0 aliphatic carbocycles. The number of aryl methyl sites for hydroxylation is 1. The molecule has 1 N–H and O–H groups in total. The maximum atomic E-state index is 12.1. The molecule has 0 aliphatic heterocycles. The summed E-state index contributed by atoms with van der Waals surface area (Å²) in [5.41, 5.74) is 2.08. The molecular weight excluding hydrogens is 290 g/mol. The highest BCUT2D eigenvalue weighted by Gasteiger charge is 2.05. The molecule has 2 nitrogen and oxygen atoms in total. The van der Waals surface area contributed by atoms with Gasteiger partial charge in [0.2, 0.25) is 0 Å². The van der Waals surface area contributed by atoms with Crippen LogP contribution in [0.15, 0.2) is 41.8 Å². The van der Waals surface area contributed by atoms with E-state index in [2.05, 4.69) is 35.8 Å². The van der Waals surface area contributed by atoms with Crippen LogP contribution in [0.1, 0.15) is 53.4 Å². The van der Waals surface area contributed by atoms with Crippen molar-refractivity contribution in [2.24, 2.45) is 0 Å². The van der Waals surface area contributed by atoms with Crippen molar-refractivity contribution in [3.8, 4) is 0 Å². The molecule has 3 heteroatoms. The summed E-state index contributed by atoms with van der Waals surface area (Å²) in [6.45, 7) is 2.92. The minimum Gasteiger partial charge on any atom is -0.352 e. The molecule has 2 aromatic rings. The molecule has 0 fully saturated rings. The first kappa shape index (κ1) is 16.8. The lowest BCUT2D eigenvalue weighted by Crippen LogP contribution is -2.25. The monoisotopic (exact) mass is 315 g/mol. The summed E-state index contributed by atoms with van der Waals surface area (Å²) < 4.78 is 0. The van der Waals surface area contributed by atoms with Gasteiger partial charge in [0, 0.05) is 17.0 Å². The van der Waals surface area contributed by atoms with E-state index < -0.39 is 0 Å². The predicted molar refractivity (Wildman–Crippen MR) is 94.6 cm³/mol. The Kier molecular flexibility index (Phi) is 7.17. The van der Waals surface area contributed by atoms with E-state index in [0.717, 1.165) is 18.4 Å². The van der Waals surface area contributed by atoms with Gasteiger partial charge < -0.3 is 5.32 Å². The average molecular weight is 315 g/mol. The van der Waals surface area contributed by atoms with Crippen LogP contribution in [-0.2, 0) is 12.8 Å². The fourth-order valence-corrected chi connectivity index (χ4v) is 3.14. The van der Waals surface area contributed by atoms with Crippen LogP contribution in [0.4, 0.5) is 0 Å². The lowest BCUT2D eigenvalue weighted by molar-refractivity contribution is 0.0954. The number of unbranched alkanes of at least 4 members (excludes halogenated alkanes) is 3. The summed E-state index contributed by atoms with van der Waals surface area (Å²) in [5, 5.41) is 5.05. The summed E-state index contributed by atoms with van der Waals surface area (Å²) in [6.07, 6.45) is 7.12. The summed E-state index contributed by atoms with van der Waals surface area (Å²) in [6, 6.07) is 12.2. The first-order valence-corrected chi connectivity index (χ1v) is 9.07. The molecule has 1 aromatic carbocycles. The van der Waals surface area contributed by atoms with Crippen molar-refractivity contribution in [2.45, 2.75) is 45.4 Å². The predicted octanol–water partition coefficient (Wildman–Crippen LogP) is 4.84. The molecule has 0 atom stereocenters. The molecule has 118 valence electrons. The third-order valence-electron chi connectivity index (χ3n) is 3.77. The Morgan fingerprint density at radius 3 is 2.55 bits per heavy atom. The summed E-state index contributed by atoms with van der Waals surface area (Å²) in [4.78, 5) is 13.4. The van der Waals surface area contributed by atoms with Crippen LogP contribution >= 0.6 is 11.3 Å². The standard InChI is InChI=1S/C19H25NOS/c1-2-3-4-5-7-16-9-11-17(12-10-16)19(21)20-14-13-18-8-6-15-22-18/h6,8-12,15H,2-5,7,13-14H2,1H3,(H,20,21). The van der Waals surface area contributed by atoms with E-state index in [1.807, 2.05) is 18.2 Å². The highest BCUT2D eigenvalue weighted by molar-refractivity contribution is 7.09. The van der Waals surface area contributed by atoms with E-state index in [1.54, 1.807) is 11.3 Å². The average Bonchev–Trinajstić information content (AvgIpc) is 3.05. The zero-order valence-corrected chi connectivity index (χ0v) is 14.1. The first-order valence-electron chi connectivity index (χ1n) is 8.19.